The molecule has 2 saturated carbocycles. The number of halogens is 1. The maximum atomic E-state index is 10.7. The van der Waals surface area contributed by atoms with E-state index < -0.39 is 5.60 Å². The highest BCUT2D eigenvalue weighted by atomic mass is 35.5. The summed E-state index contributed by atoms with van der Waals surface area (Å²) in [5.41, 5.74) is 2.35. The van der Waals surface area contributed by atoms with Crippen LogP contribution in [0.1, 0.15) is 37.2 Å². The summed E-state index contributed by atoms with van der Waals surface area (Å²) in [4.78, 5) is 20.7. The minimum Gasteiger partial charge on any atom is -0.388 e. The minimum atomic E-state index is -0.580. The number of anilines is 1. The molecule has 3 fully saturated rings. The number of nitrogens with one attached hydrogen (secondary N) is 1. The van der Waals surface area contributed by atoms with Gasteiger partial charge in [-0.1, -0.05) is 11.6 Å². The Kier molecular flexibility index (Phi) is 4.20. The zero-order valence-corrected chi connectivity index (χ0v) is 17.3. The highest BCUT2D eigenvalue weighted by molar-refractivity contribution is 6.29. The standard InChI is InChI=1S/C22H23ClN6O/c23-18-9-14(3-6-26-18)20-27-16-11-24-10-15(13-1-2-13)19(16)21(28-20)29-8-7-25-17(12-29)22(30)4-5-22/h3,6,9-11,13,17,25,30H,1-2,4-5,7-8,12H2. The van der Waals surface area contributed by atoms with Crippen LogP contribution in [0.15, 0.2) is 30.7 Å². The molecule has 1 unspecified atom stereocenters. The molecule has 1 aliphatic heterocycles. The highest BCUT2D eigenvalue weighted by Gasteiger charge is 2.49. The summed E-state index contributed by atoms with van der Waals surface area (Å²) in [6.45, 7) is 2.38. The van der Waals surface area contributed by atoms with Gasteiger partial charge in [0.2, 0.25) is 0 Å². The first kappa shape index (κ1) is 18.4. The lowest BCUT2D eigenvalue weighted by molar-refractivity contribution is 0.0996. The zero-order valence-electron chi connectivity index (χ0n) is 16.6. The number of rotatable bonds is 4. The third-order valence-electron chi connectivity index (χ3n) is 6.50. The van der Waals surface area contributed by atoms with Gasteiger partial charge < -0.3 is 15.3 Å². The lowest BCUT2D eigenvalue weighted by atomic mass is 10.0. The van der Waals surface area contributed by atoms with Crippen LogP contribution in [0.25, 0.3) is 22.3 Å². The number of pyridine rings is 2. The molecule has 3 aliphatic rings. The first-order valence-electron chi connectivity index (χ1n) is 10.6. The predicted molar refractivity (Wildman–Crippen MR) is 116 cm³/mol. The van der Waals surface area contributed by atoms with Gasteiger partial charge in [-0.2, -0.15) is 0 Å². The summed E-state index contributed by atoms with van der Waals surface area (Å²) in [7, 11) is 0. The van der Waals surface area contributed by atoms with Crippen LogP contribution in [0.3, 0.4) is 0 Å². The van der Waals surface area contributed by atoms with Crippen molar-refractivity contribution in [2.45, 2.75) is 43.2 Å². The van der Waals surface area contributed by atoms with Gasteiger partial charge in [0, 0.05) is 43.0 Å². The van der Waals surface area contributed by atoms with Crippen LogP contribution in [-0.4, -0.2) is 56.3 Å². The first-order chi connectivity index (χ1) is 14.6. The number of hydrogen-bond acceptors (Lipinski definition) is 7. The molecule has 2 N–H and O–H groups in total. The summed E-state index contributed by atoms with van der Waals surface area (Å²) in [5.74, 6) is 2.09. The Labute approximate surface area is 179 Å². The first-order valence-corrected chi connectivity index (χ1v) is 11.0. The zero-order chi connectivity index (χ0) is 20.3. The largest absolute Gasteiger partial charge is 0.388 e. The van der Waals surface area contributed by atoms with E-state index in [1.807, 2.05) is 18.5 Å². The van der Waals surface area contributed by atoms with Crippen molar-refractivity contribution >= 4 is 28.3 Å². The van der Waals surface area contributed by atoms with E-state index in [2.05, 4.69) is 20.2 Å². The summed E-state index contributed by atoms with van der Waals surface area (Å²) in [6, 6.07) is 3.72. The molecule has 6 rings (SSSR count). The fraction of sp³-hybridized carbons (Fsp3) is 0.455. The van der Waals surface area contributed by atoms with Gasteiger partial charge in [0.05, 0.1) is 23.4 Å². The average Bonchev–Trinajstić information content (AvgIpc) is 3.69. The summed E-state index contributed by atoms with van der Waals surface area (Å²) >= 11 is 6.13. The van der Waals surface area contributed by atoms with E-state index in [0.717, 1.165) is 54.8 Å². The lowest BCUT2D eigenvalue weighted by Crippen LogP contribution is -2.57. The monoisotopic (exact) mass is 422 g/mol. The van der Waals surface area contributed by atoms with Crippen LogP contribution in [-0.2, 0) is 0 Å². The Morgan fingerprint density at radius 1 is 1.20 bits per heavy atom. The summed E-state index contributed by atoms with van der Waals surface area (Å²) in [6.07, 6.45) is 9.57. The van der Waals surface area contributed by atoms with Crippen molar-refractivity contribution in [2.24, 2.45) is 0 Å². The number of aromatic nitrogens is 4. The fourth-order valence-electron chi connectivity index (χ4n) is 4.47. The molecule has 3 aromatic heterocycles. The molecule has 4 heterocycles. The molecular weight excluding hydrogens is 400 g/mol. The average molecular weight is 423 g/mol. The lowest BCUT2D eigenvalue weighted by Gasteiger charge is -2.37. The third-order valence-corrected chi connectivity index (χ3v) is 6.71. The molecule has 8 heteroatoms. The van der Waals surface area contributed by atoms with Gasteiger partial charge >= 0.3 is 0 Å². The van der Waals surface area contributed by atoms with E-state index in [0.29, 0.717) is 16.9 Å². The Balaban J connectivity index is 1.51. The van der Waals surface area contributed by atoms with E-state index in [4.69, 9.17) is 21.6 Å². The number of hydrogen-bond donors (Lipinski definition) is 2. The Hall–Kier alpha value is -2.35. The Morgan fingerprint density at radius 3 is 2.83 bits per heavy atom. The van der Waals surface area contributed by atoms with Gasteiger partial charge in [-0.3, -0.25) is 4.98 Å². The number of aliphatic hydroxyl groups is 1. The molecule has 2 aliphatic carbocycles. The molecule has 30 heavy (non-hydrogen) atoms. The molecule has 0 bridgehead atoms. The van der Waals surface area contributed by atoms with E-state index in [1.54, 1.807) is 12.3 Å². The summed E-state index contributed by atoms with van der Waals surface area (Å²) < 4.78 is 0. The van der Waals surface area contributed by atoms with Gasteiger partial charge in [0.15, 0.2) is 5.82 Å². The van der Waals surface area contributed by atoms with E-state index in [9.17, 15) is 5.11 Å². The van der Waals surface area contributed by atoms with Crippen LogP contribution in [0, 0.1) is 0 Å². The van der Waals surface area contributed by atoms with Crippen molar-refractivity contribution in [1.29, 1.82) is 0 Å². The maximum absolute atomic E-state index is 10.7. The molecule has 154 valence electrons. The second kappa shape index (κ2) is 6.83. The van der Waals surface area contributed by atoms with Crippen molar-refractivity contribution in [3.63, 3.8) is 0 Å². The topological polar surface area (TPSA) is 87.1 Å². The van der Waals surface area contributed by atoms with Crippen molar-refractivity contribution in [3.8, 4) is 11.4 Å². The quantitative estimate of drug-likeness (QED) is 0.625. The Bertz CT molecular complexity index is 1130. The van der Waals surface area contributed by atoms with Gasteiger partial charge in [-0.15, -0.1) is 0 Å². The molecule has 1 atom stereocenters. The van der Waals surface area contributed by atoms with Crippen LogP contribution < -0.4 is 10.2 Å². The predicted octanol–water partition coefficient (Wildman–Crippen LogP) is 2.92. The van der Waals surface area contributed by atoms with Crippen LogP contribution in [0.2, 0.25) is 5.15 Å². The number of fused-ring (bicyclic) bond motifs is 1. The smallest absolute Gasteiger partial charge is 0.162 e. The van der Waals surface area contributed by atoms with Gasteiger partial charge in [0.1, 0.15) is 11.0 Å². The van der Waals surface area contributed by atoms with E-state index >= 15 is 0 Å². The molecule has 1 saturated heterocycles. The van der Waals surface area contributed by atoms with Crippen molar-refractivity contribution in [2.75, 3.05) is 24.5 Å². The fourth-order valence-corrected chi connectivity index (χ4v) is 4.64. The minimum absolute atomic E-state index is 0.0568. The van der Waals surface area contributed by atoms with Crippen molar-refractivity contribution in [3.05, 3.63) is 41.4 Å². The summed E-state index contributed by atoms with van der Waals surface area (Å²) in [5, 5.41) is 15.7. The maximum Gasteiger partial charge on any atom is 0.162 e. The van der Waals surface area contributed by atoms with Gasteiger partial charge in [-0.25, -0.2) is 15.0 Å². The highest BCUT2D eigenvalue weighted by Crippen LogP contribution is 2.45. The molecule has 7 nitrogen and oxygen atoms in total. The third kappa shape index (κ3) is 3.21. The van der Waals surface area contributed by atoms with Crippen molar-refractivity contribution < 1.29 is 5.11 Å². The molecule has 0 spiro atoms. The SMILES string of the molecule is OC1(C2CN(c3nc(-c4ccnc(Cl)c4)nc4cncc(C5CC5)c34)CCN2)CC1. The van der Waals surface area contributed by atoms with E-state index in [1.165, 1.54) is 18.4 Å². The number of piperazine rings is 1. The molecule has 0 aromatic carbocycles. The van der Waals surface area contributed by atoms with Gasteiger partial charge in [0.25, 0.3) is 0 Å². The van der Waals surface area contributed by atoms with Crippen molar-refractivity contribution in [1.82, 2.24) is 25.3 Å². The second-order valence-corrected chi connectivity index (χ2v) is 9.08. The molecule has 0 radical (unpaired) electrons. The number of nitrogens with zero attached hydrogens (tertiary/aromatic N) is 5. The van der Waals surface area contributed by atoms with E-state index in [-0.39, 0.29) is 6.04 Å². The molecule has 0 amide bonds. The van der Waals surface area contributed by atoms with Crippen LogP contribution >= 0.6 is 11.6 Å². The second-order valence-electron chi connectivity index (χ2n) is 8.69. The Morgan fingerprint density at radius 2 is 2.07 bits per heavy atom. The molecule has 3 aromatic rings. The normalized spacial score (nSPS) is 23.0. The van der Waals surface area contributed by atoms with Crippen LogP contribution in [0.4, 0.5) is 5.82 Å². The van der Waals surface area contributed by atoms with Crippen LogP contribution in [0.5, 0.6) is 0 Å². The molecular formula is C22H23ClN6O. The van der Waals surface area contributed by atoms with Gasteiger partial charge in [-0.05, 0) is 49.3 Å².